The molecule has 0 N–H and O–H groups in total. The van der Waals surface area contributed by atoms with Crippen LogP contribution in [0.25, 0.3) is 10.6 Å². The molecule has 0 spiro atoms. The Bertz CT molecular complexity index is 1190. The predicted octanol–water partition coefficient (Wildman–Crippen LogP) is 7.06. The van der Waals surface area contributed by atoms with Gasteiger partial charge in [0.05, 0.1) is 12.8 Å². The molecule has 0 aliphatic carbocycles. The molecule has 0 saturated heterocycles. The number of carbonyl (C=O) groups excluding carboxylic acids is 1. The van der Waals surface area contributed by atoms with Crippen LogP contribution in [0.5, 0.6) is 11.5 Å². The number of nitrogens with zero attached hydrogens (tertiary/aromatic N) is 2. The smallest absolute Gasteiger partial charge is 0.270 e. The molecule has 0 saturated carbocycles. The first-order valence-corrected chi connectivity index (χ1v) is 15.0. The summed E-state index contributed by atoms with van der Waals surface area (Å²) in [5.41, 5.74) is 2.62. The third kappa shape index (κ3) is 4.67. The second-order valence-corrected chi connectivity index (χ2v) is 15.9. The number of hydrogen-bond acceptors (Lipinski definition) is 5. The molecule has 0 bridgehead atoms. The number of ether oxygens (including phenoxy) is 1. The molecule has 0 radical (unpaired) electrons. The van der Waals surface area contributed by atoms with Crippen LogP contribution in [0.3, 0.4) is 0 Å². The molecule has 1 aliphatic heterocycles. The Hall–Kier alpha value is -2.35. The number of thiazole rings is 1. The highest BCUT2D eigenvalue weighted by atomic mass is 35.5. The van der Waals surface area contributed by atoms with Gasteiger partial charge in [-0.15, -0.1) is 11.3 Å². The second kappa shape index (κ2) is 8.78. The summed E-state index contributed by atoms with van der Waals surface area (Å²) in [7, 11) is -0.385. The van der Waals surface area contributed by atoms with Crippen LogP contribution >= 0.6 is 22.9 Å². The van der Waals surface area contributed by atoms with Crippen molar-refractivity contribution in [2.24, 2.45) is 0 Å². The number of rotatable bonds is 5. The SMILES string of the molecule is COc1cc(N2CCc3nc(-c4ccc(Cl)cc4)sc3C2=O)ccc1O[Si](C)(C)C(C)(C)C. The van der Waals surface area contributed by atoms with Crippen LogP contribution in [0.1, 0.15) is 36.1 Å². The lowest BCUT2D eigenvalue weighted by atomic mass is 10.1. The summed E-state index contributed by atoms with van der Waals surface area (Å²) in [5.74, 6) is 1.33. The van der Waals surface area contributed by atoms with Crippen LogP contribution in [-0.4, -0.2) is 32.9 Å². The van der Waals surface area contributed by atoms with Crippen LogP contribution in [0.2, 0.25) is 23.2 Å². The molecule has 5 nitrogen and oxygen atoms in total. The Morgan fingerprint density at radius 3 is 2.42 bits per heavy atom. The van der Waals surface area contributed by atoms with Gasteiger partial charge in [0, 0.05) is 35.3 Å². The summed E-state index contributed by atoms with van der Waals surface area (Å²) >= 11 is 7.44. The normalized spacial score (nSPS) is 14.3. The highest BCUT2D eigenvalue weighted by molar-refractivity contribution is 7.17. The number of amides is 1. The minimum absolute atomic E-state index is 0.0333. The van der Waals surface area contributed by atoms with Crippen molar-refractivity contribution in [1.29, 1.82) is 0 Å². The Kier molecular flexibility index (Phi) is 6.33. The Labute approximate surface area is 205 Å². The first-order chi connectivity index (χ1) is 15.5. The van der Waals surface area contributed by atoms with Crippen molar-refractivity contribution in [3.05, 3.63) is 58.1 Å². The van der Waals surface area contributed by atoms with E-state index < -0.39 is 8.32 Å². The van der Waals surface area contributed by atoms with Gasteiger partial charge < -0.3 is 14.1 Å². The standard InChI is InChI=1S/C25H29ClN2O3SSi/c1-25(2,3)33(5,6)31-20-12-11-18(15-21(20)30-4)28-14-13-19-22(24(28)29)32-23(27-19)16-7-9-17(26)10-8-16/h7-12,15H,13-14H2,1-6H3. The molecule has 8 heteroatoms. The molecule has 33 heavy (non-hydrogen) atoms. The highest BCUT2D eigenvalue weighted by Gasteiger charge is 2.39. The average molecular weight is 501 g/mol. The molecule has 3 aromatic rings. The van der Waals surface area contributed by atoms with Crippen molar-refractivity contribution in [1.82, 2.24) is 4.98 Å². The van der Waals surface area contributed by atoms with E-state index in [4.69, 9.17) is 25.7 Å². The minimum atomic E-state index is -2.02. The van der Waals surface area contributed by atoms with Crippen LogP contribution in [-0.2, 0) is 6.42 Å². The van der Waals surface area contributed by atoms with Gasteiger partial charge in [-0.2, -0.15) is 0 Å². The van der Waals surface area contributed by atoms with E-state index in [2.05, 4.69) is 33.9 Å². The van der Waals surface area contributed by atoms with E-state index in [0.717, 1.165) is 27.7 Å². The van der Waals surface area contributed by atoms with Gasteiger partial charge in [-0.25, -0.2) is 4.98 Å². The van der Waals surface area contributed by atoms with Gasteiger partial charge in [-0.05, 0) is 42.4 Å². The molecule has 2 heterocycles. The fourth-order valence-electron chi connectivity index (χ4n) is 3.43. The largest absolute Gasteiger partial charge is 0.541 e. The lowest BCUT2D eigenvalue weighted by Crippen LogP contribution is -2.44. The number of carbonyl (C=O) groups is 1. The highest BCUT2D eigenvalue weighted by Crippen LogP contribution is 2.42. The molecule has 174 valence electrons. The molecule has 4 rings (SSSR count). The maximum Gasteiger partial charge on any atom is 0.270 e. The minimum Gasteiger partial charge on any atom is -0.541 e. The van der Waals surface area contributed by atoms with Gasteiger partial charge in [0.2, 0.25) is 0 Å². The van der Waals surface area contributed by atoms with E-state index in [9.17, 15) is 4.79 Å². The molecule has 2 aromatic carbocycles. The van der Waals surface area contributed by atoms with Crippen LogP contribution in [0.4, 0.5) is 5.69 Å². The van der Waals surface area contributed by atoms with E-state index in [1.807, 2.05) is 42.5 Å². The molecule has 0 fully saturated rings. The molecule has 1 amide bonds. The van der Waals surface area contributed by atoms with Crippen molar-refractivity contribution in [3.63, 3.8) is 0 Å². The van der Waals surface area contributed by atoms with Crippen LogP contribution in [0, 0.1) is 0 Å². The lowest BCUT2D eigenvalue weighted by molar-refractivity contribution is 0.0984. The van der Waals surface area contributed by atoms with Gasteiger partial charge in [0.1, 0.15) is 15.6 Å². The van der Waals surface area contributed by atoms with Crippen molar-refractivity contribution in [2.75, 3.05) is 18.6 Å². The van der Waals surface area contributed by atoms with E-state index >= 15 is 0 Å². The number of halogens is 1. The fraction of sp³-hybridized carbons (Fsp3) is 0.360. The van der Waals surface area contributed by atoms with E-state index in [0.29, 0.717) is 28.6 Å². The van der Waals surface area contributed by atoms with E-state index in [1.165, 1.54) is 11.3 Å². The number of aromatic nitrogens is 1. The maximum atomic E-state index is 13.4. The van der Waals surface area contributed by atoms with Crippen molar-refractivity contribution in [3.8, 4) is 22.1 Å². The van der Waals surface area contributed by atoms with Crippen LogP contribution < -0.4 is 14.1 Å². The number of hydrogen-bond donors (Lipinski definition) is 0. The molecule has 1 aromatic heterocycles. The summed E-state index contributed by atoms with van der Waals surface area (Å²) in [4.78, 5) is 20.6. The first kappa shape index (κ1) is 23.8. The zero-order valence-corrected chi connectivity index (χ0v) is 22.4. The van der Waals surface area contributed by atoms with E-state index in [-0.39, 0.29) is 10.9 Å². The second-order valence-electron chi connectivity index (χ2n) is 9.71. The molecular weight excluding hydrogens is 472 g/mol. The van der Waals surface area contributed by atoms with Gasteiger partial charge in [0.25, 0.3) is 14.2 Å². The summed E-state index contributed by atoms with van der Waals surface area (Å²) in [6.07, 6.45) is 0.704. The average Bonchev–Trinajstić information content (AvgIpc) is 3.19. The van der Waals surface area contributed by atoms with Crippen molar-refractivity contribution >= 4 is 42.8 Å². The lowest BCUT2D eigenvalue weighted by Gasteiger charge is -2.37. The number of methoxy groups -OCH3 is 1. The topological polar surface area (TPSA) is 51.7 Å². The predicted molar refractivity (Wildman–Crippen MR) is 139 cm³/mol. The van der Waals surface area contributed by atoms with Gasteiger partial charge in [0.15, 0.2) is 5.75 Å². The first-order valence-electron chi connectivity index (χ1n) is 10.9. The Morgan fingerprint density at radius 1 is 1.09 bits per heavy atom. The zero-order chi connectivity index (χ0) is 24.0. The number of benzene rings is 2. The van der Waals surface area contributed by atoms with Gasteiger partial charge in [-0.1, -0.05) is 44.5 Å². The van der Waals surface area contributed by atoms with E-state index in [1.54, 1.807) is 12.0 Å². The third-order valence-electron chi connectivity index (χ3n) is 6.43. The zero-order valence-electron chi connectivity index (χ0n) is 19.9. The van der Waals surface area contributed by atoms with Crippen molar-refractivity contribution < 1.29 is 14.0 Å². The van der Waals surface area contributed by atoms with Gasteiger partial charge in [-0.3, -0.25) is 4.79 Å². The quantitative estimate of drug-likeness (QED) is 0.352. The van der Waals surface area contributed by atoms with Gasteiger partial charge >= 0.3 is 0 Å². The molecule has 1 aliphatic rings. The third-order valence-corrected chi connectivity index (χ3v) is 12.2. The monoisotopic (exact) mass is 500 g/mol. The van der Waals surface area contributed by atoms with Crippen molar-refractivity contribution in [2.45, 2.75) is 45.3 Å². The fourth-order valence-corrected chi connectivity index (χ4v) is 5.65. The summed E-state index contributed by atoms with van der Waals surface area (Å²) < 4.78 is 12.1. The Balaban J connectivity index is 1.61. The molecular formula is C25H29ClN2O3SSi. The maximum absolute atomic E-state index is 13.4. The summed E-state index contributed by atoms with van der Waals surface area (Å²) in [5, 5.41) is 1.59. The number of anilines is 1. The molecule has 0 unspecified atom stereocenters. The Morgan fingerprint density at radius 2 is 1.79 bits per heavy atom. The number of fused-ring (bicyclic) bond motifs is 1. The van der Waals surface area contributed by atoms with Crippen LogP contribution in [0.15, 0.2) is 42.5 Å². The summed E-state index contributed by atoms with van der Waals surface area (Å²) in [6, 6.07) is 13.3. The molecule has 0 atom stereocenters. The summed E-state index contributed by atoms with van der Waals surface area (Å²) in [6.45, 7) is 11.6.